The van der Waals surface area contributed by atoms with Crippen LogP contribution in [0, 0.1) is 11.3 Å². The molecule has 1 aliphatic carbocycles. The highest BCUT2D eigenvalue weighted by Gasteiger charge is 2.43. The van der Waals surface area contributed by atoms with Gasteiger partial charge in [-0.15, -0.1) is 11.3 Å². The van der Waals surface area contributed by atoms with Gasteiger partial charge in [0.25, 0.3) is 5.88 Å². The van der Waals surface area contributed by atoms with Gasteiger partial charge in [-0.25, -0.2) is 14.6 Å². The maximum Gasteiger partial charge on any atom is 0.253 e. The van der Waals surface area contributed by atoms with Crippen LogP contribution >= 0.6 is 11.3 Å². The van der Waals surface area contributed by atoms with Crippen molar-refractivity contribution in [3.63, 3.8) is 0 Å². The molecule has 7 rings (SSSR count). The van der Waals surface area contributed by atoms with E-state index in [2.05, 4.69) is 31.4 Å². The minimum absolute atomic E-state index is 0.0650. The zero-order valence-electron chi connectivity index (χ0n) is 28.0. The van der Waals surface area contributed by atoms with E-state index < -0.39 is 11.5 Å². The van der Waals surface area contributed by atoms with E-state index in [0.29, 0.717) is 78.9 Å². The van der Waals surface area contributed by atoms with Crippen molar-refractivity contribution >= 4 is 28.2 Å². The number of nitrogens with two attached hydrogens (primary N) is 1. The number of carbonyl (C=O) groups excluding carboxylic acids is 1. The van der Waals surface area contributed by atoms with E-state index in [9.17, 15) is 15.2 Å². The molecule has 2 aliphatic heterocycles. The predicted octanol–water partition coefficient (Wildman–Crippen LogP) is 2.71. The number of thiophene rings is 1. The van der Waals surface area contributed by atoms with E-state index in [1.54, 1.807) is 23.4 Å². The molecule has 1 amide bonds. The van der Waals surface area contributed by atoms with Gasteiger partial charge in [0.2, 0.25) is 23.6 Å². The van der Waals surface area contributed by atoms with Gasteiger partial charge < -0.3 is 34.6 Å². The Kier molecular flexibility index (Phi) is 9.92. The summed E-state index contributed by atoms with van der Waals surface area (Å²) < 4.78 is 19.2. The fourth-order valence-electron chi connectivity index (χ4n) is 7.04. The number of ether oxygens (including phenoxy) is 2. The van der Waals surface area contributed by atoms with Crippen molar-refractivity contribution in [1.82, 2.24) is 40.0 Å². The number of aliphatic hydroxyl groups excluding tert-OH is 1. The zero-order chi connectivity index (χ0) is 34.7. The molecule has 6 heterocycles. The number of fused-ring (bicyclic) bond motifs is 1. The summed E-state index contributed by atoms with van der Waals surface area (Å²) in [6, 6.07) is 4.07. The van der Waals surface area contributed by atoms with Crippen LogP contribution in [-0.2, 0) is 27.9 Å². The van der Waals surface area contributed by atoms with Crippen LogP contribution in [0.2, 0.25) is 0 Å². The summed E-state index contributed by atoms with van der Waals surface area (Å²) in [4.78, 5) is 31.4. The number of aliphatic hydroxyl groups is 1. The summed E-state index contributed by atoms with van der Waals surface area (Å²) >= 11 is 1.48. The molecule has 3 atom stereocenters. The summed E-state index contributed by atoms with van der Waals surface area (Å²) in [7, 11) is 0. The Morgan fingerprint density at radius 2 is 2.12 bits per heavy atom. The first-order valence-corrected chi connectivity index (χ1v) is 18.0. The second kappa shape index (κ2) is 14.7. The van der Waals surface area contributed by atoms with Crippen molar-refractivity contribution in [3.05, 3.63) is 40.4 Å². The Morgan fingerprint density at radius 1 is 1.22 bits per heavy atom. The molecule has 16 nitrogen and oxygen atoms in total. The number of nitrogen functional groups attached to an aromatic ring is 1. The lowest BCUT2D eigenvalue weighted by molar-refractivity contribution is -0.131. The zero-order valence-corrected chi connectivity index (χ0v) is 28.8. The van der Waals surface area contributed by atoms with Crippen molar-refractivity contribution in [2.45, 2.75) is 82.5 Å². The van der Waals surface area contributed by atoms with Gasteiger partial charge in [0, 0.05) is 49.2 Å². The first-order chi connectivity index (χ1) is 24.3. The molecule has 0 spiro atoms. The predicted molar refractivity (Wildman–Crippen MR) is 181 cm³/mol. The second-order valence-corrected chi connectivity index (χ2v) is 14.4. The van der Waals surface area contributed by atoms with Crippen molar-refractivity contribution in [2.24, 2.45) is 0 Å². The largest absolute Gasteiger partial charge is 0.475 e. The third-order valence-electron chi connectivity index (χ3n) is 9.70. The van der Waals surface area contributed by atoms with Crippen LogP contribution in [-0.4, -0.2) is 103 Å². The maximum atomic E-state index is 12.4. The molecule has 3 N–H and O–H groups in total. The molecule has 2 saturated heterocycles. The van der Waals surface area contributed by atoms with Gasteiger partial charge in [-0.05, 0) is 57.9 Å². The average Bonchev–Trinajstić information content (AvgIpc) is 3.91. The van der Waals surface area contributed by atoms with E-state index in [-0.39, 0.29) is 18.6 Å². The lowest BCUT2D eigenvalue weighted by atomic mass is 9.72. The molecule has 0 aromatic carbocycles. The summed E-state index contributed by atoms with van der Waals surface area (Å²) in [5, 5.41) is 32.3. The fourth-order valence-corrected chi connectivity index (χ4v) is 8.23. The van der Waals surface area contributed by atoms with Gasteiger partial charge in [0.15, 0.2) is 0 Å². The van der Waals surface area contributed by atoms with Crippen LogP contribution in [0.15, 0.2) is 23.0 Å². The van der Waals surface area contributed by atoms with Crippen molar-refractivity contribution in [1.29, 1.82) is 5.26 Å². The van der Waals surface area contributed by atoms with Crippen LogP contribution in [0.25, 0.3) is 11.5 Å². The van der Waals surface area contributed by atoms with Crippen LogP contribution in [0.4, 0.5) is 10.9 Å². The average molecular weight is 704 g/mol. The Balaban J connectivity index is 0.884. The number of β-amino-alcohol motifs (C(OH)–C–C–N with tert-alkyl or cyclic N) is 1. The number of nitriles is 1. The molecule has 0 bridgehead atoms. The van der Waals surface area contributed by atoms with E-state index in [0.717, 1.165) is 62.1 Å². The number of aryl methyl sites for hydroxylation is 1. The third-order valence-corrected chi connectivity index (χ3v) is 10.8. The molecule has 50 heavy (non-hydrogen) atoms. The van der Waals surface area contributed by atoms with Crippen molar-refractivity contribution < 1.29 is 23.9 Å². The van der Waals surface area contributed by atoms with Gasteiger partial charge in [-0.1, -0.05) is 15.5 Å². The van der Waals surface area contributed by atoms with Gasteiger partial charge in [0.05, 0.1) is 42.6 Å². The Bertz CT molecular complexity index is 1850. The van der Waals surface area contributed by atoms with E-state index in [4.69, 9.17) is 29.7 Å². The van der Waals surface area contributed by atoms with Gasteiger partial charge >= 0.3 is 0 Å². The van der Waals surface area contributed by atoms with Crippen LogP contribution in [0.1, 0.15) is 73.8 Å². The van der Waals surface area contributed by atoms with E-state index in [1.165, 1.54) is 16.0 Å². The van der Waals surface area contributed by atoms with E-state index in [1.807, 2.05) is 6.92 Å². The molecule has 3 aliphatic rings. The number of anilines is 2. The highest BCUT2D eigenvalue weighted by atomic mass is 32.1. The quantitative estimate of drug-likeness (QED) is 0.216. The minimum atomic E-state index is -0.596. The number of hydrogen-bond acceptors (Lipinski definition) is 15. The Hall–Kier alpha value is -4.66. The number of nitrogens with zero attached hydrogens (tertiary/aromatic N) is 10. The molecular weight excluding hydrogens is 663 g/mol. The molecule has 0 radical (unpaired) electrons. The standard InChI is InChI=1S/C33H41N11O5S/c1-33(10-2-6-25-28(33)23(17-34)29(35)50-25)31-38-30(40-49-31)24-7-11-36-32(37-24)42-12-3-5-22(9-14-42)47-15-4-16-48-26-19-44(41-39-26)20-27(46)43-13-8-21(45)18-43/h7,11,19,21-22,45H,2-6,8-10,12-16,18,20,35H2,1H3. The number of amides is 1. The number of hydrogen-bond donors (Lipinski definition) is 2. The lowest BCUT2D eigenvalue weighted by Crippen LogP contribution is -2.32. The Morgan fingerprint density at radius 3 is 2.96 bits per heavy atom. The molecule has 3 unspecified atom stereocenters. The number of carbonyl (C=O) groups is 1. The molecule has 17 heteroatoms. The number of rotatable bonds is 11. The summed E-state index contributed by atoms with van der Waals surface area (Å²) in [5.74, 6) is 1.72. The van der Waals surface area contributed by atoms with E-state index >= 15 is 0 Å². The molecule has 264 valence electrons. The second-order valence-electron chi connectivity index (χ2n) is 13.3. The Labute approximate surface area is 293 Å². The third kappa shape index (κ3) is 7.14. The fraction of sp³-hybridized carbons (Fsp3) is 0.576. The lowest BCUT2D eigenvalue weighted by Gasteiger charge is -2.30. The normalized spacial score (nSPS) is 22.3. The summed E-state index contributed by atoms with van der Waals surface area (Å²) in [6.45, 7) is 5.55. The first-order valence-electron chi connectivity index (χ1n) is 17.2. The number of likely N-dealkylation sites (tertiary alicyclic amines) is 1. The van der Waals surface area contributed by atoms with Crippen LogP contribution in [0.5, 0.6) is 5.88 Å². The van der Waals surface area contributed by atoms with Crippen LogP contribution < -0.4 is 15.4 Å². The molecular formula is C33H41N11O5S. The topological polar surface area (TPSA) is 207 Å². The molecule has 4 aromatic heterocycles. The van der Waals surface area contributed by atoms with Crippen molar-refractivity contribution in [3.8, 4) is 23.5 Å². The molecule has 2 fully saturated rings. The molecule has 4 aromatic rings. The van der Waals surface area contributed by atoms with Gasteiger partial charge in [-0.3, -0.25) is 4.79 Å². The first kappa shape index (κ1) is 33.8. The minimum Gasteiger partial charge on any atom is -0.475 e. The monoisotopic (exact) mass is 703 g/mol. The highest BCUT2D eigenvalue weighted by molar-refractivity contribution is 7.16. The van der Waals surface area contributed by atoms with Crippen LogP contribution in [0.3, 0.4) is 0 Å². The molecule has 0 saturated carbocycles. The maximum absolute atomic E-state index is 12.4. The smallest absolute Gasteiger partial charge is 0.253 e. The van der Waals surface area contributed by atoms with Gasteiger partial charge in [-0.2, -0.15) is 10.2 Å². The summed E-state index contributed by atoms with van der Waals surface area (Å²) in [5.41, 5.74) is 7.60. The highest BCUT2D eigenvalue weighted by Crippen LogP contribution is 2.48. The SMILES string of the molecule is CC1(c2nc(-c3ccnc(N4CCCC(OCCCOc5cn(CC(=O)N6CCC(O)C6)nn5)CC4)n3)no2)CCCc2sc(N)c(C#N)c21. The van der Waals surface area contributed by atoms with Gasteiger partial charge in [0.1, 0.15) is 23.3 Å². The summed E-state index contributed by atoms with van der Waals surface area (Å²) in [6.07, 6.45) is 9.59. The van der Waals surface area contributed by atoms with Crippen molar-refractivity contribution in [2.75, 3.05) is 50.0 Å². The number of aromatic nitrogens is 7.